The number of benzene rings is 1. The summed E-state index contributed by atoms with van der Waals surface area (Å²) in [7, 11) is 0. The Bertz CT molecular complexity index is 648. The average Bonchev–Trinajstić information content (AvgIpc) is 2.91. The molecule has 1 heterocycles. The molecule has 8 nitrogen and oxygen atoms in total. The van der Waals surface area contributed by atoms with Gasteiger partial charge in [-0.1, -0.05) is 34.6 Å². The first-order chi connectivity index (χ1) is 10.1. The maximum Gasteiger partial charge on any atom is 0.224 e. The maximum atomic E-state index is 11.8. The standard InChI is InChI=1S/C13H15N5O3/c1-8-16-11(18-21-8)7-15-12(19)6-9-2-4-10(5-3-9)13(14)17-20/h2-5,20H,6-7H2,1H3,(H2,14,17)(H,15,19). The van der Waals surface area contributed by atoms with Gasteiger partial charge in [0.1, 0.15) is 0 Å². The number of aryl methyl sites for hydroxylation is 1. The van der Waals surface area contributed by atoms with Crippen LogP contribution in [-0.4, -0.2) is 27.1 Å². The molecule has 110 valence electrons. The van der Waals surface area contributed by atoms with Gasteiger partial charge in [-0.25, -0.2) is 0 Å². The van der Waals surface area contributed by atoms with Crippen LogP contribution in [-0.2, 0) is 17.8 Å². The van der Waals surface area contributed by atoms with E-state index in [-0.39, 0.29) is 24.7 Å². The number of amides is 1. The fraction of sp³-hybridized carbons (Fsp3) is 0.231. The molecule has 0 fully saturated rings. The van der Waals surface area contributed by atoms with Gasteiger partial charge < -0.3 is 20.8 Å². The number of carbonyl (C=O) groups excluding carboxylic acids is 1. The number of nitrogens with one attached hydrogen (secondary N) is 1. The van der Waals surface area contributed by atoms with E-state index in [2.05, 4.69) is 20.6 Å². The van der Waals surface area contributed by atoms with Crippen molar-refractivity contribution in [3.05, 3.63) is 47.1 Å². The summed E-state index contributed by atoms with van der Waals surface area (Å²) in [6, 6.07) is 6.84. The summed E-state index contributed by atoms with van der Waals surface area (Å²) in [6.45, 7) is 1.90. The van der Waals surface area contributed by atoms with E-state index < -0.39 is 0 Å². The number of nitrogens with zero attached hydrogens (tertiary/aromatic N) is 3. The van der Waals surface area contributed by atoms with Crippen LogP contribution in [0.5, 0.6) is 0 Å². The molecule has 1 aromatic heterocycles. The second-order valence-corrected chi connectivity index (χ2v) is 4.37. The van der Waals surface area contributed by atoms with Gasteiger partial charge in [-0.3, -0.25) is 4.79 Å². The topological polar surface area (TPSA) is 127 Å². The van der Waals surface area contributed by atoms with Crippen LogP contribution in [0.1, 0.15) is 22.8 Å². The Morgan fingerprint density at radius 2 is 2.14 bits per heavy atom. The molecule has 0 aliphatic heterocycles. The van der Waals surface area contributed by atoms with Gasteiger partial charge in [0.15, 0.2) is 11.7 Å². The van der Waals surface area contributed by atoms with Crippen molar-refractivity contribution in [2.24, 2.45) is 10.9 Å². The van der Waals surface area contributed by atoms with Gasteiger partial charge in [0.05, 0.1) is 13.0 Å². The summed E-state index contributed by atoms with van der Waals surface area (Å²) < 4.78 is 4.81. The minimum Gasteiger partial charge on any atom is -0.409 e. The zero-order chi connectivity index (χ0) is 15.2. The molecule has 0 saturated carbocycles. The summed E-state index contributed by atoms with van der Waals surface area (Å²) in [5.74, 6) is 0.758. The van der Waals surface area contributed by atoms with Gasteiger partial charge in [-0.15, -0.1) is 0 Å². The lowest BCUT2D eigenvalue weighted by molar-refractivity contribution is -0.120. The quantitative estimate of drug-likeness (QED) is 0.315. The predicted octanol–water partition coefficient (Wildman–Crippen LogP) is 0.331. The molecule has 0 unspecified atom stereocenters. The minimum absolute atomic E-state index is 0.0264. The SMILES string of the molecule is Cc1nc(CNC(=O)Cc2ccc(/C(N)=N/O)cc2)no1. The lowest BCUT2D eigenvalue weighted by Gasteiger charge is -2.04. The molecule has 0 aliphatic carbocycles. The van der Waals surface area contributed by atoms with E-state index in [1.807, 2.05) is 0 Å². The number of oxime groups is 1. The van der Waals surface area contributed by atoms with Gasteiger partial charge in [0.25, 0.3) is 0 Å². The van der Waals surface area contributed by atoms with Gasteiger partial charge in [-0.2, -0.15) is 4.98 Å². The lowest BCUT2D eigenvalue weighted by Crippen LogP contribution is -2.25. The molecule has 0 saturated heterocycles. The smallest absolute Gasteiger partial charge is 0.224 e. The van der Waals surface area contributed by atoms with E-state index in [0.717, 1.165) is 5.56 Å². The van der Waals surface area contributed by atoms with E-state index >= 15 is 0 Å². The van der Waals surface area contributed by atoms with Gasteiger partial charge in [0, 0.05) is 12.5 Å². The maximum absolute atomic E-state index is 11.8. The lowest BCUT2D eigenvalue weighted by atomic mass is 10.1. The van der Waals surface area contributed by atoms with Crippen molar-refractivity contribution in [3.8, 4) is 0 Å². The molecule has 0 bridgehead atoms. The summed E-state index contributed by atoms with van der Waals surface area (Å²) >= 11 is 0. The fourth-order valence-electron chi connectivity index (χ4n) is 1.69. The Morgan fingerprint density at radius 3 is 2.71 bits per heavy atom. The Balaban J connectivity index is 1.87. The zero-order valence-corrected chi connectivity index (χ0v) is 11.4. The highest BCUT2D eigenvalue weighted by atomic mass is 16.5. The number of hydrogen-bond donors (Lipinski definition) is 3. The second kappa shape index (κ2) is 6.51. The van der Waals surface area contributed by atoms with Gasteiger partial charge in [0.2, 0.25) is 11.8 Å². The number of amidine groups is 1. The van der Waals surface area contributed by atoms with E-state index in [1.54, 1.807) is 31.2 Å². The highest BCUT2D eigenvalue weighted by Gasteiger charge is 2.07. The third-order valence-corrected chi connectivity index (χ3v) is 2.74. The molecule has 1 aromatic carbocycles. The molecule has 0 aliphatic rings. The van der Waals surface area contributed by atoms with Crippen molar-refractivity contribution in [2.45, 2.75) is 19.9 Å². The molecule has 8 heteroatoms. The Labute approximate surface area is 120 Å². The third-order valence-electron chi connectivity index (χ3n) is 2.74. The van der Waals surface area contributed by atoms with E-state index in [0.29, 0.717) is 17.3 Å². The first kappa shape index (κ1) is 14.5. The highest BCUT2D eigenvalue weighted by Crippen LogP contribution is 2.05. The van der Waals surface area contributed by atoms with Crippen LogP contribution < -0.4 is 11.1 Å². The average molecular weight is 289 g/mol. The summed E-state index contributed by atoms with van der Waals surface area (Å²) in [6.07, 6.45) is 0.216. The van der Waals surface area contributed by atoms with Crippen LogP contribution in [0.25, 0.3) is 0 Å². The monoisotopic (exact) mass is 289 g/mol. The van der Waals surface area contributed by atoms with Crippen molar-refractivity contribution in [1.29, 1.82) is 0 Å². The third kappa shape index (κ3) is 4.03. The number of carbonyl (C=O) groups is 1. The summed E-state index contributed by atoms with van der Waals surface area (Å²) in [5.41, 5.74) is 6.86. The van der Waals surface area contributed by atoms with Crippen molar-refractivity contribution < 1.29 is 14.5 Å². The van der Waals surface area contributed by atoms with Crippen molar-refractivity contribution >= 4 is 11.7 Å². The Kier molecular flexibility index (Phi) is 4.50. The van der Waals surface area contributed by atoms with Crippen LogP contribution >= 0.6 is 0 Å². The van der Waals surface area contributed by atoms with Crippen molar-refractivity contribution in [3.63, 3.8) is 0 Å². The predicted molar refractivity (Wildman–Crippen MR) is 73.5 cm³/mol. The van der Waals surface area contributed by atoms with Crippen LogP contribution in [0.15, 0.2) is 33.9 Å². The highest BCUT2D eigenvalue weighted by molar-refractivity contribution is 5.97. The molecule has 1 amide bonds. The van der Waals surface area contributed by atoms with E-state index in [4.69, 9.17) is 15.5 Å². The van der Waals surface area contributed by atoms with Crippen molar-refractivity contribution in [1.82, 2.24) is 15.5 Å². The Hall–Kier alpha value is -2.90. The fourth-order valence-corrected chi connectivity index (χ4v) is 1.69. The van der Waals surface area contributed by atoms with Crippen LogP contribution in [0.2, 0.25) is 0 Å². The van der Waals surface area contributed by atoms with Gasteiger partial charge in [-0.05, 0) is 5.56 Å². The summed E-state index contributed by atoms with van der Waals surface area (Å²) in [4.78, 5) is 15.8. The minimum atomic E-state index is -0.158. The van der Waals surface area contributed by atoms with Crippen LogP contribution in [0.4, 0.5) is 0 Å². The Morgan fingerprint density at radius 1 is 1.43 bits per heavy atom. The van der Waals surface area contributed by atoms with Crippen molar-refractivity contribution in [2.75, 3.05) is 0 Å². The number of hydrogen-bond acceptors (Lipinski definition) is 6. The molecule has 21 heavy (non-hydrogen) atoms. The number of aromatic nitrogens is 2. The molecule has 0 radical (unpaired) electrons. The molecule has 2 aromatic rings. The first-order valence-corrected chi connectivity index (χ1v) is 6.21. The molecule has 0 atom stereocenters. The first-order valence-electron chi connectivity index (χ1n) is 6.21. The molecular weight excluding hydrogens is 274 g/mol. The van der Waals surface area contributed by atoms with Crippen LogP contribution in [0, 0.1) is 6.92 Å². The molecule has 2 rings (SSSR count). The van der Waals surface area contributed by atoms with E-state index in [1.165, 1.54) is 0 Å². The normalized spacial score (nSPS) is 11.4. The van der Waals surface area contributed by atoms with Gasteiger partial charge >= 0.3 is 0 Å². The molecule has 4 N–H and O–H groups in total. The zero-order valence-electron chi connectivity index (χ0n) is 11.4. The molecule has 0 spiro atoms. The van der Waals surface area contributed by atoms with E-state index in [9.17, 15) is 4.79 Å². The number of nitrogens with two attached hydrogens (primary N) is 1. The second-order valence-electron chi connectivity index (χ2n) is 4.37. The number of rotatable bonds is 5. The van der Waals surface area contributed by atoms with Crippen LogP contribution in [0.3, 0.4) is 0 Å². The molecular formula is C13H15N5O3. The largest absolute Gasteiger partial charge is 0.409 e. The summed E-state index contributed by atoms with van der Waals surface area (Å²) in [5, 5.41) is 17.8.